The first-order chi connectivity index (χ1) is 13.2. The number of amides is 1. The van der Waals surface area contributed by atoms with Gasteiger partial charge >= 0.3 is 0 Å². The molecule has 1 fully saturated rings. The van der Waals surface area contributed by atoms with E-state index in [1.165, 1.54) is 16.4 Å². The van der Waals surface area contributed by atoms with E-state index >= 15 is 0 Å². The summed E-state index contributed by atoms with van der Waals surface area (Å²) in [6, 6.07) is 13.8. The van der Waals surface area contributed by atoms with E-state index in [9.17, 15) is 13.2 Å². The zero-order valence-electron chi connectivity index (χ0n) is 16.6. The number of hydrogen-bond acceptors (Lipinski definition) is 4. The lowest BCUT2D eigenvalue weighted by Gasteiger charge is -2.34. The topological polar surface area (TPSA) is 66.9 Å². The number of carbonyl (C=O) groups is 1. The molecule has 2 aromatic rings. The molecule has 0 aromatic heterocycles. The van der Waals surface area contributed by atoms with E-state index in [0.717, 1.165) is 11.3 Å². The number of sulfonamides is 1. The van der Waals surface area contributed by atoms with Crippen LogP contribution in [-0.4, -0.2) is 51.0 Å². The molecule has 0 spiro atoms. The number of morpholine rings is 1. The summed E-state index contributed by atoms with van der Waals surface area (Å²) in [5, 5.41) is 0. The van der Waals surface area contributed by atoms with E-state index in [2.05, 4.69) is 0 Å². The van der Waals surface area contributed by atoms with Gasteiger partial charge in [0, 0.05) is 31.4 Å². The van der Waals surface area contributed by atoms with Crippen LogP contribution in [0.4, 0.5) is 5.69 Å². The van der Waals surface area contributed by atoms with E-state index in [4.69, 9.17) is 4.74 Å². The van der Waals surface area contributed by atoms with Crippen molar-refractivity contribution in [3.63, 3.8) is 0 Å². The predicted molar refractivity (Wildman–Crippen MR) is 109 cm³/mol. The standard InChI is InChI=1S/C21H26N2O4S/c1-15-6-5-7-19(12-15)22(4)21(24)18-8-10-20(11-9-18)28(25,26)23-13-16(2)27-17(3)14-23/h5-12,16-17H,13-14H2,1-4H3. The average molecular weight is 403 g/mol. The SMILES string of the molecule is Cc1cccc(N(C)C(=O)c2ccc(S(=O)(=O)N3CC(C)OC(C)C3)cc2)c1. The van der Waals surface area contributed by atoms with E-state index in [-0.39, 0.29) is 23.0 Å². The van der Waals surface area contributed by atoms with Crippen molar-refractivity contribution < 1.29 is 17.9 Å². The van der Waals surface area contributed by atoms with Crippen LogP contribution in [0, 0.1) is 6.92 Å². The van der Waals surface area contributed by atoms with Crippen LogP contribution in [-0.2, 0) is 14.8 Å². The van der Waals surface area contributed by atoms with Crippen LogP contribution < -0.4 is 4.90 Å². The van der Waals surface area contributed by atoms with E-state index in [1.807, 2.05) is 45.0 Å². The molecular weight excluding hydrogens is 376 g/mol. The van der Waals surface area contributed by atoms with Gasteiger partial charge < -0.3 is 9.64 Å². The number of anilines is 1. The van der Waals surface area contributed by atoms with E-state index < -0.39 is 10.0 Å². The van der Waals surface area contributed by atoms with Gasteiger partial charge in [-0.1, -0.05) is 12.1 Å². The Bertz CT molecular complexity index is 947. The lowest BCUT2D eigenvalue weighted by Crippen LogP contribution is -2.48. The molecule has 150 valence electrons. The normalized spacial score (nSPS) is 20.7. The van der Waals surface area contributed by atoms with Gasteiger partial charge in [0.2, 0.25) is 10.0 Å². The zero-order chi connectivity index (χ0) is 20.5. The predicted octanol–water partition coefficient (Wildman–Crippen LogP) is 3.07. The molecular formula is C21H26N2O4S. The van der Waals surface area contributed by atoms with Gasteiger partial charge in [-0.2, -0.15) is 4.31 Å². The Balaban J connectivity index is 1.80. The molecule has 0 saturated carbocycles. The lowest BCUT2D eigenvalue weighted by atomic mass is 10.1. The second-order valence-corrected chi connectivity index (χ2v) is 9.24. The molecule has 0 aliphatic carbocycles. The van der Waals surface area contributed by atoms with Crippen LogP contribution in [0.2, 0.25) is 0 Å². The molecule has 1 aliphatic heterocycles. The summed E-state index contributed by atoms with van der Waals surface area (Å²) in [5.74, 6) is -0.192. The first-order valence-corrected chi connectivity index (χ1v) is 10.7. The van der Waals surface area contributed by atoms with Gasteiger partial charge in [0.25, 0.3) is 5.91 Å². The molecule has 2 unspecified atom stereocenters. The monoisotopic (exact) mass is 402 g/mol. The smallest absolute Gasteiger partial charge is 0.258 e. The fraction of sp³-hybridized carbons (Fsp3) is 0.381. The van der Waals surface area contributed by atoms with Crippen LogP contribution in [0.15, 0.2) is 53.4 Å². The van der Waals surface area contributed by atoms with Crippen LogP contribution in [0.5, 0.6) is 0 Å². The Kier molecular flexibility index (Phi) is 5.88. The quantitative estimate of drug-likeness (QED) is 0.788. The maximum Gasteiger partial charge on any atom is 0.258 e. The molecule has 3 rings (SSSR count). The molecule has 6 nitrogen and oxygen atoms in total. The minimum Gasteiger partial charge on any atom is -0.373 e. The summed E-state index contributed by atoms with van der Waals surface area (Å²) in [7, 11) is -1.91. The third-order valence-corrected chi connectivity index (χ3v) is 6.66. The van der Waals surface area contributed by atoms with E-state index in [0.29, 0.717) is 18.7 Å². The largest absolute Gasteiger partial charge is 0.373 e. The van der Waals surface area contributed by atoms with Crippen LogP contribution in [0.1, 0.15) is 29.8 Å². The first-order valence-electron chi connectivity index (χ1n) is 9.29. The third kappa shape index (κ3) is 4.27. The Hall–Kier alpha value is -2.22. The van der Waals surface area contributed by atoms with Crippen molar-refractivity contribution in [2.75, 3.05) is 25.0 Å². The third-order valence-electron chi connectivity index (χ3n) is 4.82. The first kappa shape index (κ1) is 20.5. The summed E-state index contributed by atoms with van der Waals surface area (Å²) in [4.78, 5) is 14.5. The lowest BCUT2D eigenvalue weighted by molar-refractivity contribution is -0.0440. The molecule has 1 aliphatic rings. The van der Waals surface area contributed by atoms with Crippen LogP contribution >= 0.6 is 0 Å². The minimum absolute atomic E-state index is 0.151. The highest BCUT2D eigenvalue weighted by Gasteiger charge is 2.32. The number of hydrogen-bond donors (Lipinski definition) is 0. The molecule has 1 amide bonds. The van der Waals surface area contributed by atoms with Crippen molar-refractivity contribution in [1.29, 1.82) is 0 Å². The van der Waals surface area contributed by atoms with Gasteiger partial charge in [-0.3, -0.25) is 4.79 Å². The van der Waals surface area contributed by atoms with Gasteiger partial charge in [0.15, 0.2) is 0 Å². The fourth-order valence-electron chi connectivity index (χ4n) is 3.39. The van der Waals surface area contributed by atoms with Crippen molar-refractivity contribution in [1.82, 2.24) is 4.31 Å². The minimum atomic E-state index is -3.62. The highest BCUT2D eigenvalue weighted by atomic mass is 32.2. The summed E-state index contributed by atoms with van der Waals surface area (Å²) in [6.07, 6.45) is -0.301. The maximum absolute atomic E-state index is 12.9. The molecule has 2 aromatic carbocycles. The Morgan fingerprint density at radius 1 is 1.07 bits per heavy atom. The van der Waals surface area contributed by atoms with Crippen molar-refractivity contribution in [2.24, 2.45) is 0 Å². The number of nitrogens with zero attached hydrogens (tertiary/aromatic N) is 2. The van der Waals surface area contributed by atoms with Gasteiger partial charge in [-0.25, -0.2) is 8.42 Å². The summed E-state index contributed by atoms with van der Waals surface area (Å²) >= 11 is 0. The zero-order valence-corrected chi connectivity index (χ0v) is 17.4. The molecule has 0 bridgehead atoms. The molecule has 28 heavy (non-hydrogen) atoms. The van der Waals surface area contributed by atoms with Crippen molar-refractivity contribution >= 4 is 21.6 Å². The van der Waals surface area contributed by atoms with E-state index in [1.54, 1.807) is 24.1 Å². The summed E-state index contributed by atoms with van der Waals surface area (Å²) in [5.41, 5.74) is 2.29. The Morgan fingerprint density at radius 2 is 1.68 bits per heavy atom. The molecule has 0 radical (unpaired) electrons. The molecule has 7 heteroatoms. The van der Waals surface area contributed by atoms with Crippen molar-refractivity contribution in [2.45, 2.75) is 37.9 Å². The van der Waals surface area contributed by atoms with Gasteiger partial charge in [0.1, 0.15) is 0 Å². The molecule has 0 N–H and O–H groups in total. The molecule has 1 heterocycles. The van der Waals surface area contributed by atoms with Crippen molar-refractivity contribution in [3.8, 4) is 0 Å². The van der Waals surface area contributed by atoms with Gasteiger partial charge in [-0.15, -0.1) is 0 Å². The fourth-order valence-corrected chi connectivity index (χ4v) is 4.98. The second-order valence-electron chi connectivity index (χ2n) is 7.31. The average Bonchev–Trinajstić information content (AvgIpc) is 2.66. The highest BCUT2D eigenvalue weighted by Crippen LogP contribution is 2.23. The van der Waals surface area contributed by atoms with Gasteiger partial charge in [0.05, 0.1) is 17.1 Å². The Morgan fingerprint density at radius 3 is 2.25 bits per heavy atom. The molecule has 2 atom stereocenters. The van der Waals surface area contributed by atoms with Crippen molar-refractivity contribution in [3.05, 3.63) is 59.7 Å². The second kappa shape index (κ2) is 8.03. The molecule has 1 saturated heterocycles. The Labute approximate surface area is 166 Å². The van der Waals surface area contributed by atoms with Crippen LogP contribution in [0.3, 0.4) is 0 Å². The number of aryl methyl sites for hydroxylation is 1. The summed E-state index contributed by atoms with van der Waals surface area (Å²) < 4.78 is 32.9. The highest BCUT2D eigenvalue weighted by molar-refractivity contribution is 7.89. The van der Waals surface area contributed by atoms with Gasteiger partial charge in [-0.05, 0) is 62.7 Å². The number of carbonyl (C=O) groups excluding carboxylic acids is 1. The number of ether oxygens (including phenoxy) is 1. The summed E-state index contributed by atoms with van der Waals surface area (Å²) in [6.45, 7) is 6.34. The number of benzene rings is 2. The number of rotatable bonds is 4. The van der Waals surface area contributed by atoms with Crippen LogP contribution in [0.25, 0.3) is 0 Å². The maximum atomic E-state index is 12.9.